The second-order valence-electron chi connectivity index (χ2n) is 8.02. The van der Waals surface area contributed by atoms with E-state index in [4.69, 9.17) is 19.8 Å². The molecule has 2 fully saturated rings. The maximum Gasteiger partial charge on any atom is 0.497 e. The molecule has 2 amide bonds. The van der Waals surface area contributed by atoms with Crippen molar-refractivity contribution in [3.05, 3.63) is 24.0 Å². The number of carbonyl (C=O) groups is 2. The number of nitrogens with two attached hydrogens (primary N) is 1. The summed E-state index contributed by atoms with van der Waals surface area (Å²) in [6.45, 7) is 9.27. The summed E-state index contributed by atoms with van der Waals surface area (Å²) in [6.07, 6.45) is -1.31. The third-order valence-electron chi connectivity index (χ3n) is 5.64. The Morgan fingerprint density at radius 3 is 2.41 bits per heavy atom. The number of anilines is 1. The van der Waals surface area contributed by atoms with Crippen molar-refractivity contribution in [2.45, 2.75) is 51.9 Å². The highest BCUT2D eigenvalue weighted by molar-refractivity contribution is 6.62. The molecule has 7 nitrogen and oxygen atoms in total. The maximum absolute atomic E-state index is 14.8. The van der Waals surface area contributed by atoms with E-state index in [2.05, 4.69) is 0 Å². The Morgan fingerprint density at radius 2 is 1.89 bits per heavy atom. The molecular weight excluding hydrogens is 354 g/mol. The van der Waals surface area contributed by atoms with Crippen LogP contribution in [0.2, 0.25) is 0 Å². The summed E-state index contributed by atoms with van der Waals surface area (Å²) in [5.41, 5.74) is 4.69. The zero-order valence-corrected chi connectivity index (χ0v) is 16.1. The molecule has 2 aliphatic heterocycles. The zero-order valence-electron chi connectivity index (χ0n) is 16.1. The summed E-state index contributed by atoms with van der Waals surface area (Å²) in [5.74, 6) is -1.74. The van der Waals surface area contributed by atoms with Crippen molar-refractivity contribution in [3.8, 4) is 0 Å². The lowest BCUT2D eigenvalue weighted by atomic mass is 9.78. The molecule has 0 spiro atoms. The minimum atomic E-state index is -0.836. The molecule has 2 saturated heterocycles. The van der Waals surface area contributed by atoms with E-state index >= 15 is 0 Å². The number of hydrogen-bond acceptors (Lipinski definition) is 5. The van der Waals surface area contributed by atoms with Crippen molar-refractivity contribution in [1.82, 2.24) is 0 Å². The number of benzene rings is 1. The van der Waals surface area contributed by atoms with Crippen LogP contribution in [0.4, 0.5) is 14.9 Å². The Kier molecular flexibility index (Phi) is 4.72. The molecule has 1 aromatic carbocycles. The van der Waals surface area contributed by atoms with Gasteiger partial charge in [0.25, 0.3) is 0 Å². The van der Waals surface area contributed by atoms with E-state index in [1.165, 1.54) is 17.0 Å². The fourth-order valence-electron chi connectivity index (χ4n) is 2.98. The van der Waals surface area contributed by atoms with E-state index < -0.39 is 48.2 Å². The summed E-state index contributed by atoms with van der Waals surface area (Å²) in [6, 6.07) is 4.37. The molecule has 3 rings (SSSR count). The van der Waals surface area contributed by atoms with Crippen LogP contribution in [-0.4, -0.2) is 43.0 Å². The van der Waals surface area contributed by atoms with Crippen molar-refractivity contribution < 1.29 is 28.0 Å². The second-order valence-corrected chi connectivity index (χ2v) is 8.02. The first-order valence-corrected chi connectivity index (χ1v) is 8.85. The average molecular weight is 378 g/mol. The molecule has 0 radical (unpaired) electrons. The smallest absolute Gasteiger partial charge is 0.443 e. The van der Waals surface area contributed by atoms with E-state index in [0.29, 0.717) is 5.69 Å². The fourth-order valence-corrected chi connectivity index (χ4v) is 2.98. The van der Waals surface area contributed by atoms with Crippen LogP contribution in [0.3, 0.4) is 0 Å². The van der Waals surface area contributed by atoms with Crippen LogP contribution < -0.4 is 16.1 Å². The van der Waals surface area contributed by atoms with Crippen molar-refractivity contribution in [2.24, 2.45) is 11.7 Å². The summed E-state index contributed by atoms with van der Waals surface area (Å²) in [7, 11) is -0.836. The third-order valence-corrected chi connectivity index (χ3v) is 5.64. The highest BCUT2D eigenvalue weighted by Gasteiger charge is 2.52. The number of rotatable bonds is 4. The summed E-state index contributed by atoms with van der Waals surface area (Å²) in [5, 5.41) is 0. The topological polar surface area (TPSA) is 91.1 Å². The van der Waals surface area contributed by atoms with Crippen molar-refractivity contribution in [3.63, 3.8) is 0 Å². The van der Waals surface area contributed by atoms with E-state index in [1.807, 2.05) is 27.7 Å². The van der Waals surface area contributed by atoms with E-state index in [1.54, 1.807) is 13.0 Å². The molecule has 2 heterocycles. The molecule has 146 valence electrons. The van der Waals surface area contributed by atoms with Gasteiger partial charge in [-0.3, -0.25) is 9.69 Å². The molecule has 1 aromatic rings. The first kappa shape index (κ1) is 19.6. The lowest BCUT2D eigenvalue weighted by Gasteiger charge is -2.32. The van der Waals surface area contributed by atoms with Crippen LogP contribution in [0.5, 0.6) is 0 Å². The molecule has 2 aliphatic rings. The van der Waals surface area contributed by atoms with E-state index in [-0.39, 0.29) is 12.0 Å². The highest BCUT2D eigenvalue weighted by atomic mass is 19.1. The molecule has 0 saturated carbocycles. The number of cyclic esters (lactones) is 1. The lowest BCUT2D eigenvalue weighted by Crippen LogP contribution is -2.41. The lowest BCUT2D eigenvalue weighted by molar-refractivity contribution is -0.123. The Balaban J connectivity index is 1.80. The first-order valence-electron chi connectivity index (χ1n) is 8.85. The van der Waals surface area contributed by atoms with Gasteiger partial charge in [0.15, 0.2) is 0 Å². The molecular formula is C18H24BFN2O5. The number of hydrogen-bond donors (Lipinski definition) is 1. The number of nitrogens with zero attached hydrogens (tertiary/aromatic N) is 1. The minimum Gasteiger partial charge on any atom is -0.443 e. The van der Waals surface area contributed by atoms with Crippen molar-refractivity contribution in [2.75, 3.05) is 11.4 Å². The van der Waals surface area contributed by atoms with Gasteiger partial charge in [-0.2, -0.15) is 0 Å². The van der Waals surface area contributed by atoms with Gasteiger partial charge in [-0.25, -0.2) is 9.18 Å². The van der Waals surface area contributed by atoms with Crippen LogP contribution in [0.25, 0.3) is 0 Å². The van der Waals surface area contributed by atoms with Gasteiger partial charge < -0.3 is 19.8 Å². The van der Waals surface area contributed by atoms with Gasteiger partial charge in [0, 0.05) is 5.46 Å². The predicted octanol–water partition coefficient (Wildman–Crippen LogP) is 1.57. The third kappa shape index (κ3) is 3.41. The van der Waals surface area contributed by atoms with Crippen molar-refractivity contribution >= 4 is 30.3 Å². The average Bonchev–Trinajstić information content (AvgIpc) is 3.03. The summed E-state index contributed by atoms with van der Waals surface area (Å²) < 4.78 is 31.7. The monoisotopic (exact) mass is 378 g/mol. The summed E-state index contributed by atoms with van der Waals surface area (Å²) in [4.78, 5) is 24.7. The van der Waals surface area contributed by atoms with E-state index in [0.717, 1.165) is 0 Å². The van der Waals surface area contributed by atoms with Crippen LogP contribution in [0.1, 0.15) is 34.6 Å². The zero-order chi connectivity index (χ0) is 20.1. The van der Waals surface area contributed by atoms with Crippen LogP contribution in [0.15, 0.2) is 18.2 Å². The van der Waals surface area contributed by atoms with Gasteiger partial charge in [-0.15, -0.1) is 0 Å². The molecule has 0 aliphatic carbocycles. The SMILES string of the molecule is CC(C(N)=O)C1CN(c2ccc(B3OC(C)(C)C(C)(C)O3)c(F)c2)C(=O)O1. The Labute approximate surface area is 158 Å². The van der Waals surface area contributed by atoms with Crippen LogP contribution in [-0.2, 0) is 18.8 Å². The number of amides is 2. The molecule has 2 N–H and O–H groups in total. The number of halogens is 1. The second kappa shape index (κ2) is 6.49. The van der Waals surface area contributed by atoms with E-state index in [9.17, 15) is 14.0 Å². The molecule has 0 aromatic heterocycles. The highest BCUT2D eigenvalue weighted by Crippen LogP contribution is 2.37. The number of primary amides is 1. The Bertz CT molecular complexity index is 769. The maximum atomic E-state index is 14.8. The van der Waals surface area contributed by atoms with Gasteiger partial charge in [-0.05, 0) is 46.8 Å². The fraction of sp³-hybridized carbons (Fsp3) is 0.556. The molecule has 0 bridgehead atoms. The standard InChI is InChI=1S/C18H24BFN2O5/c1-10(15(21)23)14-9-22(16(24)25-14)11-6-7-12(13(20)8-11)19-26-17(2,3)18(4,5)27-19/h6-8,10,14H,9H2,1-5H3,(H2,21,23). The molecule has 27 heavy (non-hydrogen) atoms. The largest absolute Gasteiger partial charge is 0.497 e. The first-order chi connectivity index (χ1) is 12.4. The van der Waals surface area contributed by atoms with Gasteiger partial charge in [-0.1, -0.05) is 6.07 Å². The van der Waals surface area contributed by atoms with Gasteiger partial charge in [0.2, 0.25) is 5.91 Å². The van der Waals surface area contributed by atoms with Crippen LogP contribution in [0, 0.1) is 11.7 Å². The number of carbonyl (C=O) groups excluding carboxylic acids is 2. The quantitative estimate of drug-likeness (QED) is 0.804. The number of ether oxygens (including phenoxy) is 1. The Morgan fingerprint density at radius 1 is 1.30 bits per heavy atom. The molecule has 9 heteroatoms. The molecule has 2 unspecified atom stereocenters. The van der Waals surface area contributed by atoms with Gasteiger partial charge in [0.1, 0.15) is 11.9 Å². The van der Waals surface area contributed by atoms with Gasteiger partial charge >= 0.3 is 13.2 Å². The Hall–Kier alpha value is -2.13. The molecule has 2 atom stereocenters. The van der Waals surface area contributed by atoms with Gasteiger partial charge in [0.05, 0.1) is 29.4 Å². The van der Waals surface area contributed by atoms with Crippen molar-refractivity contribution in [1.29, 1.82) is 0 Å². The normalized spacial score (nSPS) is 24.8. The summed E-state index contributed by atoms with van der Waals surface area (Å²) >= 11 is 0. The predicted molar refractivity (Wildman–Crippen MR) is 98.1 cm³/mol. The minimum absolute atomic E-state index is 0.123. The van der Waals surface area contributed by atoms with Crippen LogP contribution >= 0.6 is 0 Å².